The summed E-state index contributed by atoms with van der Waals surface area (Å²) in [6, 6.07) is 10.6. The molecular weight excluding hydrogens is 164 g/mol. The van der Waals surface area contributed by atoms with Gasteiger partial charge in [-0.2, -0.15) is 5.26 Å². The normalized spacial score (nSPS) is 14.5. The predicted octanol–water partition coefficient (Wildman–Crippen LogP) is 0.832. The fraction of sp³-hybridized carbons (Fsp3) is 0.300. The second kappa shape index (κ2) is 4.61. The van der Waals surface area contributed by atoms with Gasteiger partial charge in [0.2, 0.25) is 0 Å². The molecule has 0 spiro atoms. The molecule has 0 fully saturated rings. The Morgan fingerprint density at radius 1 is 1.38 bits per heavy atom. The first-order valence-electron chi connectivity index (χ1n) is 4.09. The first-order chi connectivity index (χ1) is 6.29. The second-order valence-corrected chi connectivity index (χ2v) is 2.75. The zero-order chi connectivity index (χ0) is 9.68. The summed E-state index contributed by atoms with van der Waals surface area (Å²) in [4.78, 5) is 0. The summed E-state index contributed by atoms with van der Waals surface area (Å²) in [5, 5.41) is 21.1. The van der Waals surface area contributed by atoms with Crippen molar-refractivity contribution in [1.82, 2.24) is 5.32 Å². The van der Waals surface area contributed by atoms with E-state index in [0.29, 0.717) is 0 Å². The topological polar surface area (TPSA) is 56.0 Å². The van der Waals surface area contributed by atoms with Crippen LogP contribution in [0.2, 0.25) is 0 Å². The molecule has 0 saturated carbocycles. The number of nitriles is 1. The Balaban J connectivity index is 2.79. The highest BCUT2D eigenvalue weighted by molar-refractivity contribution is 5.20. The molecule has 0 heterocycles. The van der Waals surface area contributed by atoms with Crippen molar-refractivity contribution in [3.63, 3.8) is 0 Å². The van der Waals surface area contributed by atoms with Crippen molar-refractivity contribution in [3.05, 3.63) is 35.9 Å². The molecule has 0 aliphatic carbocycles. The molecule has 3 nitrogen and oxygen atoms in total. The molecule has 0 amide bonds. The van der Waals surface area contributed by atoms with Gasteiger partial charge in [-0.05, 0) is 12.6 Å². The lowest BCUT2D eigenvalue weighted by molar-refractivity contribution is 0.154. The number of hydrogen-bond acceptors (Lipinski definition) is 3. The van der Waals surface area contributed by atoms with Gasteiger partial charge in [0.05, 0.1) is 6.07 Å². The molecular formula is C10H12N2O. The lowest BCUT2D eigenvalue weighted by Crippen LogP contribution is -2.30. The van der Waals surface area contributed by atoms with Crippen molar-refractivity contribution in [2.45, 2.75) is 12.1 Å². The van der Waals surface area contributed by atoms with Gasteiger partial charge in [-0.25, -0.2) is 0 Å². The number of likely N-dealkylation sites (N-methyl/N-ethyl adjacent to an activating group) is 1. The van der Waals surface area contributed by atoms with Gasteiger partial charge in [-0.3, -0.25) is 0 Å². The third kappa shape index (κ3) is 2.28. The lowest BCUT2D eigenvalue weighted by Gasteiger charge is -2.15. The minimum absolute atomic E-state index is 0.553. The summed E-state index contributed by atoms with van der Waals surface area (Å²) in [6.45, 7) is 0. The van der Waals surface area contributed by atoms with E-state index in [9.17, 15) is 5.11 Å². The molecule has 0 aromatic heterocycles. The number of aliphatic hydroxyl groups excluding tert-OH is 1. The Kier molecular flexibility index (Phi) is 3.44. The zero-order valence-electron chi connectivity index (χ0n) is 7.44. The molecule has 0 radical (unpaired) electrons. The van der Waals surface area contributed by atoms with Gasteiger partial charge in [0, 0.05) is 0 Å². The van der Waals surface area contributed by atoms with E-state index in [2.05, 4.69) is 5.32 Å². The minimum Gasteiger partial charge on any atom is -0.386 e. The van der Waals surface area contributed by atoms with E-state index in [1.165, 1.54) is 0 Å². The summed E-state index contributed by atoms with van der Waals surface area (Å²) in [5.74, 6) is 0. The number of benzene rings is 1. The van der Waals surface area contributed by atoms with E-state index >= 15 is 0 Å². The number of aliphatic hydroxyl groups is 1. The molecule has 68 valence electrons. The van der Waals surface area contributed by atoms with Crippen LogP contribution in [0, 0.1) is 11.3 Å². The van der Waals surface area contributed by atoms with Crippen molar-refractivity contribution >= 4 is 0 Å². The van der Waals surface area contributed by atoms with Crippen LogP contribution in [0.25, 0.3) is 0 Å². The maximum Gasteiger partial charge on any atom is 0.125 e. The van der Waals surface area contributed by atoms with E-state index in [4.69, 9.17) is 5.26 Å². The quantitative estimate of drug-likeness (QED) is 0.717. The number of nitrogens with one attached hydrogen (secondary N) is 1. The molecule has 3 heteroatoms. The highest BCUT2D eigenvalue weighted by Gasteiger charge is 2.17. The Bertz CT molecular complexity index is 292. The number of rotatable bonds is 3. The minimum atomic E-state index is -0.767. The van der Waals surface area contributed by atoms with Gasteiger partial charge >= 0.3 is 0 Å². The van der Waals surface area contributed by atoms with Gasteiger partial charge < -0.3 is 10.4 Å². The van der Waals surface area contributed by atoms with Crippen LogP contribution in [-0.4, -0.2) is 18.2 Å². The predicted molar refractivity (Wildman–Crippen MR) is 49.9 cm³/mol. The SMILES string of the molecule is CN[C@H](C#N)[C@@H](O)c1ccccc1. The first kappa shape index (κ1) is 9.72. The monoisotopic (exact) mass is 176 g/mol. The summed E-state index contributed by atoms with van der Waals surface area (Å²) in [6.07, 6.45) is -0.767. The Hall–Kier alpha value is -1.37. The van der Waals surface area contributed by atoms with E-state index in [1.807, 2.05) is 24.3 Å². The van der Waals surface area contributed by atoms with Crippen LogP contribution < -0.4 is 5.32 Å². The number of hydrogen-bond donors (Lipinski definition) is 2. The summed E-state index contributed by atoms with van der Waals surface area (Å²) < 4.78 is 0. The van der Waals surface area contributed by atoms with Crippen LogP contribution in [-0.2, 0) is 0 Å². The molecule has 0 saturated heterocycles. The largest absolute Gasteiger partial charge is 0.386 e. The van der Waals surface area contributed by atoms with Crippen LogP contribution in [0.1, 0.15) is 11.7 Å². The lowest BCUT2D eigenvalue weighted by atomic mass is 10.0. The van der Waals surface area contributed by atoms with Crippen LogP contribution in [0.15, 0.2) is 30.3 Å². The average molecular weight is 176 g/mol. The van der Waals surface area contributed by atoms with E-state index in [0.717, 1.165) is 5.56 Å². The standard InChI is InChI=1S/C10H12N2O/c1-12-9(7-11)10(13)8-5-3-2-4-6-8/h2-6,9-10,12-13H,1H3/t9-,10+/m1/s1. The molecule has 13 heavy (non-hydrogen) atoms. The molecule has 0 bridgehead atoms. The van der Waals surface area contributed by atoms with Crippen LogP contribution in [0.5, 0.6) is 0 Å². The van der Waals surface area contributed by atoms with Crippen molar-refractivity contribution in [2.24, 2.45) is 0 Å². The maximum atomic E-state index is 9.70. The van der Waals surface area contributed by atoms with Crippen molar-refractivity contribution in [1.29, 1.82) is 5.26 Å². The smallest absolute Gasteiger partial charge is 0.125 e. The zero-order valence-corrected chi connectivity index (χ0v) is 7.44. The van der Waals surface area contributed by atoms with Crippen LogP contribution in [0.3, 0.4) is 0 Å². The van der Waals surface area contributed by atoms with Crippen LogP contribution in [0.4, 0.5) is 0 Å². The van der Waals surface area contributed by atoms with E-state index in [-0.39, 0.29) is 0 Å². The molecule has 2 N–H and O–H groups in total. The molecule has 1 rings (SSSR count). The Labute approximate surface area is 77.6 Å². The molecule has 1 aromatic rings. The van der Waals surface area contributed by atoms with Crippen molar-refractivity contribution in [2.75, 3.05) is 7.05 Å². The molecule has 1 aromatic carbocycles. The van der Waals surface area contributed by atoms with E-state index < -0.39 is 12.1 Å². The van der Waals surface area contributed by atoms with Gasteiger partial charge in [0.15, 0.2) is 0 Å². The fourth-order valence-corrected chi connectivity index (χ4v) is 1.14. The molecule has 2 atom stereocenters. The highest BCUT2D eigenvalue weighted by Crippen LogP contribution is 2.15. The first-order valence-corrected chi connectivity index (χ1v) is 4.09. The summed E-state index contributed by atoms with van der Waals surface area (Å²) in [5.41, 5.74) is 0.753. The maximum absolute atomic E-state index is 9.70. The van der Waals surface area contributed by atoms with Crippen molar-refractivity contribution < 1.29 is 5.11 Å². The highest BCUT2D eigenvalue weighted by atomic mass is 16.3. The van der Waals surface area contributed by atoms with Gasteiger partial charge in [-0.1, -0.05) is 30.3 Å². The Morgan fingerprint density at radius 2 is 2.00 bits per heavy atom. The van der Waals surface area contributed by atoms with Gasteiger partial charge in [-0.15, -0.1) is 0 Å². The van der Waals surface area contributed by atoms with Crippen molar-refractivity contribution in [3.8, 4) is 6.07 Å². The third-order valence-electron chi connectivity index (χ3n) is 1.91. The third-order valence-corrected chi connectivity index (χ3v) is 1.91. The average Bonchev–Trinajstić information content (AvgIpc) is 2.21. The summed E-state index contributed by atoms with van der Waals surface area (Å²) in [7, 11) is 1.65. The van der Waals surface area contributed by atoms with Gasteiger partial charge in [0.25, 0.3) is 0 Å². The number of nitrogens with zero attached hydrogens (tertiary/aromatic N) is 1. The fourth-order valence-electron chi connectivity index (χ4n) is 1.14. The molecule has 0 aliphatic heterocycles. The van der Waals surface area contributed by atoms with E-state index in [1.54, 1.807) is 19.2 Å². The van der Waals surface area contributed by atoms with Crippen LogP contribution >= 0.6 is 0 Å². The molecule has 0 unspecified atom stereocenters. The van der Waals surface area contributed by atoms with Gasteiger partial charge in [0.1, 0.15) is 12.1 Å². The molecule has 0 aliphatic rings. The second-order valence-electron chi connectivity index (χ2n) is 2.75. The Morgan fingerprint density at radius 3 is 2.46 bits per heavy atom. The summed E-state index contributed by atoms with van der Waals surface area (Å²) >= 11 is 0.